The molecule has 2 heterocycles. The molecule has 0 saturated heterocycles. The Bertz CT molecular complexity index is 1040. The van der Waals surface area contributed by atoms with Gasteiger partial charge in [0.05, 0.1) is 5.57 Å². The highest BCUT2D eigenvalue weighted by Gasteiger charge is 2.30. The van der Waals surface area contributed by atoms with Crippen LogP contribution in [0.3, 0.4) is 0 Å². The summed E-state index contributed by atoms with van der Waals surface area (Å²) in [4.78, 5) is 4.05. The summed E-state index contributed by atoms with van der Waals surface area (Å²) in [6, 6.07) is 11.8. The number of nitriles is 1. The van der Waals surface area contributed by atoms with Crippen molar-refractivity contribution >= 4 is 21.6 Å². The Morgan fingerprint density at radius 3 is 2.43 bits per heavy atom. The molecule has 1 aromatic heterocycles. The third-order valence-corrected chi connectivity index (χ3v) is 9.09. The maximum atomic E-state index is 10.6. The van der Waals surface area contributed by atoms with Gasteiger partial charge in [-0.1, -0.05) is 16.4 Å². The molecule has 0 amide bonds. The van der Waals surface area contributed by atoms with Crippen molar-refractivity contribution in [3.8, 4) is 11.8 Å². The summed E-state index contributed by atoms with van der Waals surface area (Å²) in [6.45, 7) is 8.54. The third-order valence-electron chi connectivity index (χ3n) is 5.53. The minimum absolute atomic E-state index is 0.0223. The lowest BCUT2D eigenvalue weighted by Crippen LogP contribution is -2.32. The molecule has 30 heavy (non-hydrogen) atoms. The van der Waals surface area contributed by atoms with E-state index in [-0.39, 0.29) is 10.3 Å². The second kappa shape index (κ2) is 8.17. The number of rotatable bonds is 4. The lowest BCUT2D eigenvalue weighted by atomic mass is 9.91. The van der Waals surface area contributed by atoms with Crippen molar-refractivity contribution in [2.24, 2.45) is 0 Å². The molecule has 0 spiro atoms. The van der Waals surface area contributed by atoms with Crippen molar-refractivity contribution in [2.45, 2.75) is 38.7 Å². The van der Waals surface area contributed by atoms with E-state index in [1.165, 1.54) is 0 Å². The lowest BCUT2D eigenvalue weighted by molar-refractivity contribution is 0.197. The molecule has 6 heteroatoms. The number of benzene rings is 1. The molecule has 0 saturated carbocycles. The highest BCUT2D eigenvalue weighted by Crippen LogP contribution is 2.53. The Morgan fingerprint density at radius 2 is 1.83 bits per heavy atom. The van der Waals surface area contributed by atoms with Crippen LogP contribution in [0.25, 0.3) is 11.3 Å². The summed E-state index contributed by atoms with van der Waals surface area (Å²) in [6.07, 6.45) is 8.53. The highest BCUT2D eigenvalue weighted by atomic mass is 32.3. The topological polar surface area (TPSA) is 78.2 Å². The summed E-state index contributed by atoms with van der Waals surface area (Å²) in [5.74, 6) is 0.766. The van der Waals surface area contributed by atoms with Gasteiger partial charge in [0, 0.05) is 34.0 Å². The first kappa shape index (κ1) is 21.9. The van der Waals surface area contributed by atoms with Crippen LogP contribution in [-0.4, -0.2) is 33.6 Å². The number of aryl methyl sites for hydroxylation is 1. The van der Waals surface area contributed by atoms with Gasteiger partial charge in [-0.05, 0) is 81.7 Å². The van der Waals surface area contributed by atoms with Crippen molar-refractivity contribution < 1.29 is 9.29 Å². The van der Waals surface area contributed by atoms with E-state index >= 15 is 0 Å². The van der Waals surface area contributed by atoms with Crippen molar-refractivity contribution in [2.75, 3.05) is 12.5 Å². The fourth-order valence-corrected chi connectivity index (χ4v) is 3.82. The van der Waals surface area contributed by atoms with Crippen molar-refractivity contribution in [1.82, 2.24) is 10.3 Å². The summed E-state index contributed by atoms with van der Waals surface area (Å²) in [7, 11) is -1.36. The Hall–Kier alpha value is -2.75. The Labute approximate surface area is 180 Å². The number of aromatic nitrogens is 1. The van der Waals surface area contributed by atoms with Gasteiger partial charge < -0.3 is 14.6 Å². The van der Waals surface area contributed by atoms with Crippen LogP contribution in [-0.2, 0) is 0 Å². The molecule has 3 rings (SSSR count). The van der Waals surface area contributed by atoms with E-state index in [1.807, 2.05) is 43.3 Å². The number of pyridine rings is 1. The van der Waals surface area contributed by atoms with Gasteiger partial charge in [0.25, 0.3) is 0 Å². The first-order valence-electron chi connectivity index (χ1n) is 9.78. The number of allylic oxidation sites excluding steroid dienone is 2. The molecule has 0 aliphatic carbocycles. The van der Waals surface area contributed by atoms with Crippen LogP contribution in [0.1, 0.15) is 37.5 Å². The summed E-state index contributed by atoms with van der Waals surface area (Å²) >= 11 is 0. The van der Waals surface area contributed by atoms with Gasteiger partial charge in [0.1, 0.15) is 11.8 Å². The first-order chi connectivity index (χ1) is 14.0. The quantitative estimate of drug-likeness (QED) is 0.739. The van der Waals surface area contributed by atoms with Crippen molar-refractivity contribution in [1.29, 1.82) is 5.26 Å². The zero-order valence-electron chi connectivity index (χ0n) is 18.4. The first-order valence-corrected chi connectivity index (χ1v) is 12.2. The summed E-state index contributed by atoms with van der Waals surface area (Å²) in [5, 5.41) is 23.3. The number of hydrogen-bond acceptors (Lipinski definition) is 5. The zero-order valence-corrected chi connectivity index (χ0v) is 19.2. The van der Waals surface area contributed by atoms with E-state index in [4.69, 9.17) is 4.18 Å². The van der Waals surface area contributed by atoms with E-state index in [0.29, 0.717) is 5.57 Å². The average molecular weight is 424 g/mol. The van der Waals surface area contributed by atoms with Crippen molar-refractivity contribution in [3.63, 3.8) is 0 Å². The number of nitrogens with zero attached hydrogens (tertiary/aromatic N) is 2. The maximum Gasteiger partial charge on any atom is 0.161 e. The SMILES string of the molecule is Cc1ccc(OS(C)(C)C(C)(C)C)cc1C1=C(C#N)C(O)NC(c2ccncc2)=C1. The van der Waals surface area contributed by atoms with Crippen LogP contribution >= 0.6 is 10.3 Å². The molecule has 0 bridgehead atoms. The van der Waals surface area contributed by atoms with Gasteiger partial charge in [0.15, 0.2) is 6.23 Å². The molecule has 1 atom stereocenters. The van der Waals surface area contributed by atoms with Crippen LogP contribution < -0.4 is 9.50 Å². The van der Waals surface area contributed by atoms with Gasteiger partial charge >= 0.3 is 0 Å². The van der Waals surface area contributed by atoms with E-state index in [0.717, 1.165) is 28.1 Å². The van der Waals surface area contributed by atoms with E-state index < -0.39 is 16.5 Å². The Morgan fingerprint density at radius 1 is 1.17 bits per heavy atom. The Balaban J connectivity index is 2.10. The van der Waals surface area contributed by atoms with E-state index in [2.05, 4.69) is 49.7 Å². The monoisotopic (exact) mass is 423 g/mol. The highest BCUT2D eigenvalue weighted by molar-refractivity contribution is 8.30. The van der Waals surface area contributed by atoms with Gasteiger partial charge in [-0.25, -0.2) is 0 Å². The number of aliphatic hydroxyl groups excluding tert-OH is 1. The molecule has 1 aliphatic heterocycles. The number of aliphatic hydroxyl groups is 1. The summed E-state index contributed by atoms with van der Waals surface area (Å²) in [5.41, 5.74) is 4.50. The third kappa shape index (κ3) is 4.38. The van der Waals surface area contributed by atoms with Crippen LogP contribution in [0.4, 0.5) is 0 Å². The smallest absolute Gasteiger partial charge is 0.161 e. The number of nitrogens with one attached hydrogen (secondary N) is 1. The van der Waals surface area contributed by atoms with Crippen LogP contribution in [0.2, 0.25) is 0 Å². The molecule has 5 nitrogen and oxygen atoms in total. The second-order valence-electron chi connectivity index (χ2n) is 8.69. The lowest BCUT2D eigenvalue weighted by Gasteiger charge is -2.43. The minimum atomic E-state index is -1.36. The molecular formula is C24H29N3O2S. The van der Waals surface area contributed by atoms with Crippen LogP contribution in [0.15, 0.2) is 54.4 Å². The van der Waals surface area contributed by atoms with Crippen molar-refractivity contribution in [3.05, 3.63) is 71.1 Å². The molecule has 0 radical (unpaired) electrons. The predicted molar refractivity (Wildman–Crippen MR) is 125 cm³/mol. The fourth-order valence-electron chi connectivity index (χ4n) is 2.98. The second-order valence-corrected chi connectivity index (χ2v) is 12.5. The normalized spacial score (nSPS) is 17.7. The van der Waals surface area contributed by atoms with Gasteiger partial charge in [-0.2, -0.15) is 5.26 Å². The van der Waals surface area contributed by atoms with E-state index in [1.54, 1.807) is 12.4 Å². The largest absolute Gasteiger partial charge is 0.449 e. The Kier molecular flexibility index (Phi) is 5.98. The average Bonchev–Trinajstić information content (AvgIpc) is 2.68. The molecule has 158 valence electrons. The molecule has 1 unspecified atom stereocenters. The maximum absolute atomic E-state index is 10.6. The standard InChI is InChI=1S/C24H29N3O2S/c1-16-7-8-18(29-30(5,6)24(2,3)4)13-19(16)20-14-22(17-9-11-26-12-10-17)27-23(28)21(20)15-25/h7-14,23,27-28H,1-6H3. The predicted octanol–water partition coefficient (Wildman–Crippen LogP) is 4.79. The van der Waals surface area contributed by atoms with Gasteiger partial charge in [-0.3, -0.25) is 4.98 Å². The molecule has 1 aromatic carbocycles. The molecular weight excluding hydrogens is 394 g/mol. The summed E-state index contributed by atoms with van der Waals surface area (Å²) < 4.78 is 6.45. The van der Waals surface area contributed by atoms with Crippen LogP contribution in [0, 0.1) is 18.3 Å². The van der Waals surface area contributed by atoms with Gasteiger partial charge in [-0.15, -0.1) is 0 Å². The molecule has 2 N–H and O–H groups in total. The molecule has 2 aromatic rings. The zero-order chi connectivity index (χ0) is 22.1. The molecule has 1 aliphatic rings. The number of dihydropyridines is 1. The van der Waals surface area contributed by atoms with Gasteiger partial charge in [0.2, 0.25) is 0 Å². The van der Waals surface area contributed by atoms with E-state index in [9.17, 15) is 10.4 Å². The molecule has 0 fully saturated rings. The fraction of sp³-hybridized carbons (Fsp3) is 0.333. The minimum Gasteiger partial charge on any atom is -0.449 e. The van der Waals surface area contributed by atoms with Crippen LogP contribution in [0.5, 0.6) is 5.75 Å². The number of hydrogen-bond donors (Lipinski definition) is 2.